The second-order valence-corrected chi connectivity index (χ2v) is 6.77. The molecule has 0 aliphatic carbocycles. The van der Waals surface area contributed by atoms with Crippen LogP contribution < -0.4 is 10.2 Å². The van der Waals surface area contributed by atoms with Crippen LogP contribution in [-0.2, 0) is 12.0 Å². The molecule has 1 aromatic rings. The predicted molar refractivity (Wildman–Crippen MR) is 81.8 cm³/mol. The molecule has 18 heavy (non-hydrogen) atoms. The molecule has 0 aromatic carbocycles. The summed E-state index contributed by atoms with van der Waals surface area (Å²) >= 11 is 1.82. The quantitative estimate of drug-likeness (QED) is 0.802. The molecule has 0 spiro atoms. The summed E-state index contributed by atoms with van der Waals surface area (Å²) in [7, 11) is 2.11. The van der Waals surface area contributed by atoms with E-state index in [4.69, 9.17) is 4.98 Å². The van der Waals surface area contributed by atoms with Gasteiger partial charge in [0.2, 0.25) is 0 Å². The Morgan fingerprint density at radius 3 is 2.44 bits per heavy atom. The van der Waals surface area contributed by atoms with Crippen LogP contribution in [0.25, 0.3) is 0 Å². The smallest absolute Gasteiger partial charge is 0.185 e. The highest BCUT2D eigenvalue weighted by molar-refractivity contribution is 7.15. The standard InChI is InChI=1S/C14H27N3S/c1-7-9-15-10-11-12(14(3,4)5)16-13(18-11)17(6)8-2/h15H,7-10H2,1-6H3. The average molecular weight is 269 g/mol. The van der Waals surface area contributed by atoms with Gasteiger partial charge in [0.1, 0.15) is 0 Å². The lowest BCUT2D eigenvalue weighted by Gasteiger charge is -2.18. The van der Waals surface area contributed by atoms with Crippen molar-refractivity contribution in [1.29, 1.82) is 0 Å². The molecule has 1 heterocycles. The zero-order chi connectivity index (χ0) is 13.8. The van der Waals surface area contributed by atoms with Gasteiger partial charge in [-0.1, -0.05) is 27.7 Å². The highest BCUT2D eigenvalue weighted by atomic mass is 32.1. The van der Waals surface area contributed by atoms with Crippen molar-refractivity contribution in [2.24, 2.45) is 0 Å². The lowest BCUT2D eigenvalue weighted by molar-refractivity contribution is 0.559. The molecule has 0 saturated carbocycles. The minimum atomic E-state index is 0.118. The minimum absolute atomic E-state index is 0.118. The van der Waals surface area contributed by atoms with E-state index in [2.05, 4.69) is 51.9 Å². The maximum absolute atomic E-state index is 4.84. The zero-order valence-corrected chi connectivity index (χ0v) is 13.4. The summed E-state index contributed by atoms with van der Waals surface area (Å²) in [5, 5.41) is 4.62. The van der Waals surface area contributed by atoms with E-state index >= 15 is 0 Å². The molecule has 0 radical (unpaired) electrons. The Morgan fingerprint density at radius 1 is 1.28 bits per heavy atom. The third-order valence-electron chi connectivity index (χ3n) is 2.91. The number of hydrogen-bond acceptors (Lipinski definition) is 4. The van der Waals surface area contributed by atoms with Crippen LogP contribution in [0.1, 0.15) is 51.6 Å². The van der Waals surface area contributed by atoms with E-state index in [1.165, 1.54) is 17.0 Å². The summed E-state index contributed by atoms with van der Waals surface area (Å²) in [5.41, 5.74) is 1.36. The number of rotatable bonds is 6. The van der Waals surface area contributed by atoms with E-state index in [1.807, 2.05) is 11.3 Å². The Bertz CT molecular complexity index is 366. The Balaban J connectivity index is 2.94. The summed E-state index contributed by atoms with van der Waals surface area (Å²) in [6.07, 6.45) is 1.17. The second kappa shape index (κ2) is 6.53. The lowest BCUT2D eigenvalue weighted by atomic mass is 9.91. The van der Waals surface area contributed by atoms with Crippen LogP contribution in [0.5, 0.6) is 0 Å². The van der Waals surface area contributed by atoms with Gasteiger partial charge in [-0.15, -0.1) is 11.3 Å². The first-order valence-electron chi connectivity index (χ1n) is 6.82. The van der Waals surface area contributed by atoms with Gasteiger partial charge in [-0.25, -0.2) is 4.98 Å². The van der Waals surface area contributed by atoms with Crippen LogP contribution in [-0.4, -0.2) is 25.1 Å². The van der Waals surface area contributed by atoms with Gasteiger partial charge in [0.25, 0.3) is 0 Å². The summed E-state index contributed by atoms with van der Waals surface area (Å²) in [4.78, 5) is 8.43. The van der Waals surface area contributed by atoms with Crippen LogP contribution in [0.2, 0.25) is 0 Å². The van der Waals surface area contributed by atoms with E-state index < -0.39 is 0 Å². The first-order chi connectivity index (χ1) is 8.40. The molecule has 0 saturated heterocycles. The third-order valence-corrected chi connectivity index (χ3v) is 4.08. The van der Waals surface area contributed by atoms with Crippen LogP contribution in [0, 0.1) is 0 Å². The van der Waals surface area contributed by atoms with Crippen molar-refractivity contribution < 1.29 is 0 Å². The SMILES string of the molecule is CCCNCc1sc(N(C)CC)nc1C(C)(C)C. The Kier molecular flexibility index (Phi) is 5.60. The molecule has 0 unspecified atom stereocenters. The number of aromatic nitrogens is 1. The molecule has 0 atom stereocenters. The molecule has 3 nitrogen and oxygen atoms in total. The van der Waals surface area contributed by atoms with Crippen molar-refractivity contribution in [2.45, 2.75) is 53.0 Å². The largest absolute Gasteiger partial charge is 0.351 e. The molecule has 0 aliphatic rings. The number of nitrogens with zero attached hydrogens (tertiary/aromatic N) is 2. The van der Waals surface area contributed by atoms with E-state index in [9.17, 15) is 0 Å². The van der Waals surface area contributed by atoms with Crippen molar-refractivity contribution in [1.82, 2.24) is 10.3 Å². The van der Waals surface area contributed by atoms with Crippen LogP contribution in [0.4, 0.5) is 5.13 Å². The van der Waals surface area contributed by atoms with Gasteiger partial charge in [0, 0.05) is 30.4 Å². The normalized spacial score (nSPS) is 11.9. The molecular weight excluding hydrogens is 242 g/mol. The zero-order valence-electron chi connectivity index (χ0n) is 12.6. The number of thiazole rings is 1. The number of anilines is 1. The fraction of sp³-hybridized carbons (Fsp3) is 0.786. The highest BCUT2D eigenvalue weighted by Crippen LogP contribution is 2.33. The van der Waals surface area contributed by atoms with Gasteiger partial charge >= 0.3 is 0 Å². The van der Waals surface area contributed by atoms with Crippen LogP contribution in [0.3, 0.4) is 0 Å². The van der Waals surface area contributed by atoms with Gasteiger partial charge in [0.05, 0.1) is 5.69 Å². The predicted octanol–water partition coefficient (Wildman–Crippen LogP) is 3.40. The van der Waals surface area contributed by atoms with Gasteiger partial charge in [-0.2, -0.15) is 0 Å². The summed E-state index contributed by atoms with van der Waals surface area (Å²) < 4.78 is 0. The van der Waals surface area contributed by atoms with Crippen LogP contribution in [0.15, 0.2) is 0 Å². The molecule has 1 N–H and O–H groups in total. The monoisotopic (exact) mass is 269 g/mol. The average Bonchev–Trinajstić information content (AvgIpc) is 2.72. The second-order valence-electron chi connectivity index (χ2n) is 5.71. The van der Waals surface area contributed by atoms with Gasteiger partial charge < -0.3 is 10.2 Å². The van der Waals surface area contributed by atoms with Gasteiger partial charge in [-0.3, -0.25) is 0 Å². The highest BCUT2D eigenvalue weighted by Gasteiger charge is 2.23. The summed E-state index contributed by atoms with van der Waals surface area (Å²) in [5.74, 6) is 0. The summed E-state index contributed by atoms with van der Waals surface area (Å²) in [6.45, 7) is 14.1. The summed E-state index contributed by atoms with van der Waals surface area (Å²) in [6, 6.07) is 0. The topological polar surface area (TPSA) is 28.2 Å². The first kappa shape index (κ1) is 15.4. The van der Waals surface area contributed by atoms with Crippen molar-refractivity contribution in [3.8, 4) is 0 Å². The Labute approximate surface area is 116 Å². The molecule has 4 heteroatoms. The number of hydrogen-bond donors (Lipinski definition) is 1. The minimum Gasteiger partial charge on any atom is -0.351 e. The van der Waals surface area contributed by atoms with Crippen molar-refractivity contribution in [3.63, 3.8) is 0 Å². The molecule has 104 valence electrons. The third kappa shape index (κ3) is 3.95. The van der Waals surface area contributed by atoms with E-state index in [1.54, 1.807) is 0 Å². The molecular formula is C14H27N3S. The molecule has 1 aromatic heterocycles. The maximum Gasteiger partial charge on any atom is 0.185 e. The Morgan fingerprint density at radius 2 is 1.94 bits per heavy atom. The molecule has 0 fully saturated rings. The van der Waals surface area contributed by atoms with E-state index in [0.29, 0.717) is 0 Å². The maximum atomic E-state index is 4.84. The fourth-order valence-corrected chi connectivity index (χ4v) is 2.99. The van der Waals surface area contributed by atoms with Crippen molar-refractivity contribution in [3.05, 3.63) is 10.6 Å². The number of nitrogens with one attached hydrogen (secondary N) is 1. The van der Waals surface area contributed by atoms with E-state index in [-0.39, 0.29) is 5.41 Å². The van der Waals surface area contributed by atoms with Crippen LogP contribution >= 0.6 is 11.3 Å². The van der Waals surface area contributed by atoms with Crippen molar-refractivity contribution in [2.75, 3.05) is 25.0 Å². The van der Waals surface area contributed by atoms with Crippen molar-refractivity contribution >= 4 is 16.5 Å². The molecule has 0 bridgehead atoms. The fourth-order valence-electron chi connectivity index (χ4n) is 1.72. The van der Waals surface area contributed by atoms with E-state index in [0.717, 1.165) is 24.8 Å². The first-order valence-corrected chi connectivity index (χ1v) is 7.63. The molecule has 0 amide bonds. The Hall–Kier alpha value is -0.610. The lowest BCUT2D eigenvalue weighted by Crippen LogP contribution is -2.19. The van der Waals surface area contributed by atoms with Gasteiger partial charge in [-0.05, 0) is 19.9 Å². The van der Waals surface area contributed by atoms with Gasteiger partial charge in [0.15, 0.2) is 5.13 Å². The molecule has 0 aliphatic heterocycles. The molecule has 1 rings (SSSR count).